The number of halogens is 1. The Bertz CT molecular complexity index is 507. The average molecular weight is 339 g/mol. The van der Waals surface area contributed by atoms with E-state index in [1.54, 1.807) is 0 Å². The molecule has 0 saturated carbocycles. The van der Waals surface area contributed by atoms with E-state index in [0.717, 1.165) is 23.7 Å². The van der Waals surface area contributed by atoms with Crippen LogP contribution in [0.4, 0.5) is 0 Å². The summed E-state index contributed by atoms with van der Waals surface area (Å²) >= 11 is 5.34. The van der Waals surface area contributed by atoms with Crippen LogP contribution in [0.3, 0.4) is 0 Å². The average Bonchev–Trinajstić information content (AvgIpc) is 2.88. The lowest BCUT2D eigenvalue weighted by atomic mass is 10.0. The molecule has 2 rings (SSSR count). The maximum Gasteiger partial charge on any atom is 0.0299 e. The van der Waals surface area contributed by atoms with Gasteiger partial charge in [-0.3, -0.25) is 11.3 Å². The second kappa shape index (κ2) is 7.20. The molecule has 1 unspecified atom stereocenters. The minimum absolute atomic E-state index is 0.282. The van der Waals surface area contributed by atoms with Crippen molar-refractivity contribution in [2.75, 3.05) is 0 Å². The Morgan fingerprint density at radius 1 is 1.11 bits per heavy atom. The fourth-order valence-electron chi connectivity index (χ4n) is 2.06. The van der Waals surface area contributed by atoms with Gasteiger partial charge in [-0.25, -0.2) is 0 Å². The summed E-state index contributed by atoms with van der Waals surface area (Å²) in [6.07, 6.45) is 3.04. The van der Waals surface area contributed by atoms with Gasteiger partial charge in [-0.2, -0.15) is 0 Å². The smallest absolute Gasteiger partial charge is 0.0299 e. The van der Waals surface area contributed by atoms with Crippen LogP contribution in [-0.2, 0) is 19.3 Å². The summed E-state index contributed by atoms with van der Waals surface area (Å²) in [5.74, 6) is 5.68. The van der Waals surface area contributed by atoms with Crippen LogP contribution >= 0.6 is 27.3 Å². The third-order valence-corrected chi connectivity index (χ3v) is 4.92. The molecule has 1 aromatic heterocycles. The minimum Gasteiger partial charge on any atom is -0.271 e. The first kappa shape index (κ1) is 14.7. The predicted octanol–water partition coefficient (Wildman–Crippen LogP) is 3.69. The van der Waals surface area contributed by atoms with Gasteiger partial charge >= 0.3 is 0 Å². The molecule has 0 aliphatic carbocycles. The topological polar surface area (TPSA) is 38.0 Å². The highest BCUT2D eigenvalue weighted by Crippen LogP contribution is 2.20. The highest BCUT2D eigenvalue weighted by molar-refractivity contribution is 9.10. The van der Waals surface area contributed by atoms with E-state index in [0.29, 0.717) is 0 Å². The standard InChI is InChI=1S/C15H19BrN2S/c1-2-14-7-8-15(19-14)10-13(18-17)9-11-3-5-12(16)6-4-11/h3-8,13,18H,2,9-10,17H2,1H3. The van der Waals surface area contributed by atoms with Crippen LogP contribution in [0.1, 0.15) is 22.2 Å². The number of aryl methyl sites for hydroxylation is 1. The fourth-order valence-corrected chi connectivity index (χ4v) is 3.36. The van der Waals surface area contributed by atoms with E-state index in [-0.39, 0.29) is 6.04 Å². The molecular formula is C15H19BrN2S. The summed E-state index contributed by atoms with van der Waals surface area (Å²) in [7, 11) is 0. The Balaban J connectivity index is 1.98. The molecule has 0 saturated heterocycles. The highest BCUT2D eigenvalue weighted by Gasteiger charge is 2.10. The van der Waals surface area contributed by atoms with Crippen molar-refractivity contribution < 1.29 is 0 Å². The van der Waals surface area contributed by atoms with E-state index in [2.05, 4.69) is 64.7 Å². The van der Waals surface area contributed by atoms with Crippen LogP contribution in [0.25, 0.3) is 0 Å². The monoisotopic (exact) mass is 338 g/mol. The lowest BCUT2D eigenvalue weighted by Gasteiger charge is -2.15. The summed E-state index contributed by atoms with van der Waals surface area (Å²) < 4.78 is 1.11. The summed E-state index contributed by atoms with van der Waals surface area (Å²) in [6.45, 7) is 2.19. The zero-order valence-electron chi connectivity index (χ0n) is 11.0. The van der Waals surface area contributed by atoms with Crippen molar-refractivity contribution in [3.8, 4) is 0 Å². The van der Waals surface area contributed by atoms with Crippen molar-refractivity contribution in [2.24, 2.45) is 5.84 Å². The lowest BCUT2D eigenvalue weighted by Crippen LogP contribution is -2.38. The number of hydrogen-bond acceptors (Lipinski definition) is 3. The van der Waals surface area contributed by atoms with Gasteiger partial charge < -0.3 is 0 Å². The third-order valence-electron chi connectivity index (χ3n) is 3.14. The zero-order chi connectivity index (χ0) is 13.7. The Morgan fingerprint density at radius 3 is 2.37 bits per heavy atom. The molecule has 0 bridgehead atoms. The van der Waals surface area contributed by atoms with Crippen LogP contribution in [0.5, 0.6) is 0 Å². The SMILES string of the molecule is CCc1ccc(CC(Cc2ccc(Br)cc2)NN)s1. The van der Waals surface area contributed by atoms with Crippen LogP contribution < -0.4 is 11.3 Å². The molecule has 1 heterocycles. The van der Waals surface area contributed by atoms with Gasteiger partial charge in [-0.15, -0.1) is 11.3 Å². The van der Waals surface area contributed by atoms with Gasteiger partial charge in [0, 0.05) is 20.3 Å². The first-order chi connectivity index (χ1) is 9.21. The number of thiophene rings is 1. The van der Waals surface area contributed by atoms with Crippen molar-refractivity contribution in [3.05, 3.63) is 56.2 Å². The summed E-state index contributed by atoms with van der Waals surface area (Å²) in [5.41, 5.74) is 4.24. The predicted molar refractivity (Wildman–Crippen MR) is 86.4 cm³/mol. The molecule has 1 atom stereocenters. The van der Waals surface area contributed by atoms with Crippen molar-refractivity contribution in [1.82, 2.24) is 5.43 Å². The summed E-state index contributed by atoms with van der Waals surface area (Å²) in [4.78, 5) is 2.84. The minimum atomic E-state index is 0.282. The van der Waals surface area contributed by atoms with Crippen molar-refractivity contribution in [2.45, 2.75) is 32.2 Å². The molecular weight excluding hydrogens is 320 g/mol. The summed E-state index contributed by atoms with van der Waals surface area (Å²) in [6, 6.07) is 13.1. The second-order valence-electron chi connectivity index (χ2n) is 4.62. The Labute approximate surface area is 127 Å². The Hall–Kier alpha value is -0.680. The van der Waals surface area contributed by atoms with Crippen LogP contribution in [0.15, 0.2) is 40.9 Å². The normalized spacial score (nSPS) is 12.6. The molecule has 2 nitrogen and oxygen atoms in total. The molecule has 19 heavy (non-hydrogen) atoms. The molecule has 0 spiro atoms. The number of nitrogens with one attached hydrogen (secondary N) is 1. The van der Waals surface area contributed by atoms with Gasteiger partial charge in [0.1, 0.15) is 0 Å². The second-order valence-corrected chi connectivity index (χ2v) is 6.79. The van der Waals surface area contributed by atoms with Gasteiger partial charge in [-0.05, 0) is 49.1 Å². The third kappa shape index (κ3) is 4.42. The van der Waals surface area contributed by atoms with Crippen molar-refractivity contribution in [3.63, 3.8) is 0 Å². The first-order valence-corrected chi connectivity index (χ1v) is 8.10. The van der Waals surface area contributed by atoms with E-state index in [4.69, 9.17) is 5.84 Å². The quantitative estimate of drug-likeness (QED) is 0.622. The van der Waals surface area contributed by atoms with Crippen molar-refractivity contribution >= 4 is 27.3 Å². The van der Waals surface area contributed by atoms with Crippen LogP contribution in [0, 0.1) is 0 Å². The molecule has 2 aromatic rings. The van der Waals surface area contributed by atoms with E-state index in [9.17, 15) is 0 Å². The maximum atomic E-state index is 5.68. The Kier molecular flexibility index (Phi) is 5.58. The van der Waals surface area contributed by atoms with Gasteiger partial charge in [0.15, 0.2) is 0 Å². The highest BCUT2D eigenvalue weighted by atomic mass is 79.9. The van der Waals surface area contributed by atoms with Gasteiger partial charge in [0.05, 0.1) is 0 Å². The molecule has 1 aromatic carbocycles. The van der Waals surface area contributed by atoms with E-state index in [1.807, 2.05) is 11.3 Å². The zero-order valence-corrected chi connectivity index (χ0v) is 13.4. The lowest BCUT2D eigenvalue weighted by molar-refractivity contribution is 0.525. The van der Waals surface area contributed by atoms with Gasteiger partial charge in [0.25, 0.3) is 0 Å². The number of benzene rings is 1. The van der Waals surface area contributed by atoms with E-state index in [1.165, 1.54) is 15.3 Å². The molecule has 0 aliphatic rings. The maximum absolute atomic E-state index is 5.68. The first-order valence-electron chi connectivity index (χ1n) is 6.49. The molecule has 0 aliphatic heterocycles. The van der Waals surface area contributed by atoms with Gasteiger partial charge in [-0.1, -0.05) is 35.0 Å². The molecule has 3 N–H and O–H groups in total. The molecule has 0 radical (unpaired) electrons. The number of nitrogens with two attached hydrogens (primary N) is 1. The molecule has 102 valence electrons. The largest absolute Gasteiger partial charge is 0.271 e. The van der Waals surface area contributed by atoms with Crippen LogP contribution in [0.2, 0.25) is 0 Å². The molecule has 0 amide bonds. The number of rotatable bonds is 6. The van der Waals surface area contributed by atoms with Gasteiger partial charge in [0.2, 0.25) is 0 Å². The molecule has 4 heteroatoms. The van der Waals surface area contributed by atoms with Crippen LogP contribution in [-0.4, -0.2) is 6.04 Å². The summed E-state index contributed by atoms with van der Waals surface area (Å²) in [5, 5.41) is 0. The number of hydrogen-bond donors (Lipinski definition) is 2. The van der Waals surface area contributed by atoms with Crippen molar-refractivity contribution in [1.29, 1.82) is 0 Å². The molecule has 0 fully saturated rings. The van der Waals surface area contributed by atoms with E-state index >= 15 is 0 Å². The Morgan fingerprint density at radius 2 is 1.79 bits per heavy atom. The fraction of sp³-hybridized carbons (Fsp3) is 0.333. The number of hydrazine groups is 1. The van der Waals surface area contributed by atoms with E-state index < -0.39 is 0 Å².